The molecule has 32 heavy (non-hydrogen) atoms. The lowest BCUT2D eigenvalue weighted by atomic mass is 10.1. The number of methoxy groups -OCH3 is 1. The van der Waals surface area contributed by atoms with Crippen LogP contribution in [0.4, 0.5) is 0 Å². The molecule has 3 rings (SSSR count). The van der Waals surface area contributed by atoms with Crippen molar-refractivity contribution in [3.63, 3.8) is 0 Å². The Morgan fingerprint density at radius 1 is 1.12 bits per heavy atom. The lowest BCUT2D eigenvalue weighted by molar-refractivity contribution is -0.145. The number of halogens is 1. The van der Waals surface area contributed by atoms with E-state index in [1.54, 1.807) is 56.5 Å². The Morgan fingerprint density at radius 3 is 2.53 bits per heavy atom. The fraction of sp³-hybridized carbons (Fsp3) is 0.261. The highest BCUT2D eigenvalue weighted by molar-refractivity contribution is 9.10. The zero-order chi connectivity index (χ0) is 23.1. The van der Waals surface area contributed by atoms with Gasteiger partial charge in [-0.2, -0.15) is 0 Å². The van der Waals surface area contributed by atoms with Gasteiger partial charge in [0.05, 0.1) is 24.8 Å². The van der Waals surface area contributed by atoms with Gasteiger partial charge in [-0.25, -0.2) is 14.6 Å². The largest absolute Gasteiger partial charge is 0.497 e. The van der Waals surface area contributed by atoms with E-state index in [1.807, 2.05) is 6.92 Å². The number of ether oxygens (including phenoxy) is 5. The van der Waals surface area contributed by atoms with Crippen molar-refractivity contribution in [3.05, 3.63) is 57.7 Å². The van der Waals surface area contributed by atoms with Crippen molar-refractivity contribution in [1.29, 1.82) is 0 Å². The number of cyclic esters (lactones) is 1. The Balaban J connectivity index is 1.87. The molecule has 9 heteroatoms. The van der Waals surface area contributed by atoms with Crippen molar-refractivity contribution in [2.75, 3.05) is 26.9 Å². The van der Waals surface area contributed by atoms with Crippen LogP contribution in [0.1, 0.15) is 25.0 Å². The molecule has 1 heterocycles. The first-order chi connectivity index (χ1) is 15.4. The van der Waals surface area contributed by atoms with Crippen LogP contribution in [0.3, 0.4) is 0 Å². The molecule has 2 aromatic carbocycles. The van der Waals surface area contributed by atoms with Crippen molar-refractivity contribution in [2.45, 2.75) is 13.8 Å². The third kappa shape index (κ3) is 5.67. The Kier molecular flexibility index (Phi) is 7.88. The standard InChI is InChI=1S/C23H22BrNO7/c1-4-29-19-12-14(10-17(24)21(19)31-13-20(26)30-5-2)11-18-23(27)32-22(25-18)15-6-8-16(28-3)9-7-15/h6-12H,4-5,13H2,1-3H3/b18-11-. The predicted molar refractivity (Wildman–Crippen MR) is 121 cm³/mol. The van der Waals surface area contributed by atoms with Gasteiger partial charge < -0.3 is 23.7 Å². The van der Waals surface area contributed by atoms with Gasteiger partial charge in [0.15, 0.2) is 23.8 Å². The van der Waals surface area contributed by atoms with E-state index in [4.69, 9.17) is 23.7 Å². The summed E-state index contributed by atoms with van der Waals surface area (Å²) in [4.78, 5) is 28.3. The fourth-order valence-electron chi connectivity index (χ4n) is 2.83. The highest BCUT2D eigenvalue weighted by Crippen LogP contribution is 2.38. The Morgan fingerprint density at radius 2 is 1.88 bits per heavy atom. The van der Waals surface area contributed by atoms with Crippen LogP contribution in [0.15, 0.2) is 51.6 Å². The summed E-state index contributed by atoms with van der Waals surface area (Å²) in [6, 6.07) is 10.4. The van der Waals surface area contributed by atoms with E-state index < -0.39 is 11.9 Å². The molecule has 0 saturated heterocycles. The number of carbonyl (C=O) groups excluding carboxylic acids is 2. The molecule has 0 aromatic heterocycles. The van der Waals surface area contributed by atoms with Crippen molar-refractivity contribution >= 4 is 39.8 Å². The van der Waals surface area contributed by atoms with Crippen molar-refractivity contribution in [3.8, 4) is 17.2 Å². The van der Waals surface area contributed by atoms with Gasteiger partial charge in [-0.05, 0) is 77.8 Å². The number of esters is 2. The van der Waals surface area contributed by atoms with E-state index in [0.29, 0.717) is 39.5 Å². The number of benzene rings is 2. The van der Waals surface area contributed by atoms with Gasteiger partial charge >= 0.3 is 11.9 Å². The molecular weight excluding hydrogens is 482 g/mol. The molecule has 0 saturated carbocycles. The second-order valence-corrected chi connectivity index (χ2v) is 7.28. The maximum absolute atomic E-state index is 12.3. The Labute approximate surface area is 193 Å². The summed E-state index contributed by atoms with van der Waals surface area (Å²) < 4.78 is 27.1. The third-order valence-corrected chi connectivity index (χ3v) is 4.82. The molecule has 0 N–H and O–H groups in total. The monoisotopic (exact) mass is 503 g/mol. The minimum Gasteiger partial charge on any atom is -0.497 e. The smallest absolute Gasteiger partial charge is 0.363 e. The molecule has 1 aliphatic heterocycles. The lowest BCUT2D eigenvalue weighted by Gasteiger charge is -2.14. The summed E-state index contributed by atoms with van der Waals surface area (Å²) in [5.41, 5.74) is 1.43. The zero-order valence-corrected chi connectivity index (χ0v) is 19.4. The number of carbonyl (C=O) groups is 2. The molecule has 0 atom stereocenters. The quantitative estimate of drug-likeness (QED) is 0.374. The van der Waals surface area contributed by atoms with Crippen LogP contribution >= 0.6 is 15.9 Å². The molecule has 1 aliphatic rings. The van der Waals surface area contributed by atoms with Gasteiger partial charge in [0.2, 0.25) is 5.90 Å². The average molecular weight is 504 g/mol. The molecular formula is C23H22BrNO7. The minimum absolute atomic E-state index is 0.144. The third-order valence-electron chi connectivity index (χ3n) is 4.23. The minimum atomic E-state index is -0.562. The summed E-state index contributed by atoms with van der Waals surface area (Å²) in [7, 11) is 1.57. The number of hydrogen-bond donors (Lipinski definition) is 0. The van der Waals surface area contributed by atoms with Crippen LogP contribution in [0.2, 0.25) is 0 Å². The normalized spacial score (nSPS) is 14.1. The SMILES string of the molecule is CCOC(=O)COc1c(Br)cc(/C=C2\N=C(c3ccc(OC)cc3)OC2=O)cc1OCC. The molecule has 0 bridgehead atoms. The van der Waals surface area contributed by atoms with Crippen LogP contribution in [0.5, 0.6) is 17.2 Å². The van der Waals surface area contributed by atoms with Crippen LogP contribution in [-0.2, 0) is 19.1 Å². The maximum Gasteiger partial charge on any atom is 0.363 e. The van der Waals surface area contributed by atoms with E-state index in [1.165, 1.54) is 0 Å². The first kappa shape index (κ1) is 23.3. The van der Waals surface area contributed by atoms with Gasteiger partial charge in [0.1, 0.15) is 5.75 Å². The van der Waals surface area contributed by atoms with Crippen molar-refractivity contribution in [1.82, 2.24) is 0 Å². The summed E-state index contributed by atoms with van der Waals surface area (Å²) in [5, 5.41) is 0. The van der Waals surface area contributed by atoms with E-state index in [2.05, 4.69) is 20.9 Å². The van der Waals surface area contributed by atoms with Gasteiger partial charge in [0.25, 0.3) is 0 Å². The molecule has 0 aliphatic carbocycles. The van der Waals surface area contributed by atoms with E-state index in [9.17, 15) is 9.59 Å². The average Bonchev–Trinajstić information content (AvgIpc) is 3.13. The number of rotatable bonds is 9. The second-order valence-electron chi connectivity index (χ2n) is 6.42. The maximum atomic E-state index is 12.3. The van der Waals surface area contributed by atoms with Crippen LogP contribution in [0.25, 0.3) is 6.08 Å². The topological polar surface area (TPSA) is 92.7 Å². The first-order valence-corrected chi connectivity index (χ1v) is 10.7. The fourth-order valence-corrected chi connectivity index (χ4v) is 3.41. The van der Waals surface area contributed by atoms with E-state index in [0.717, 1.165) is 0 Å². The van der Waals surface area contributed by atoms with Gasteiger partial charge in [-0.3, -0.25) is 0 Å². The van der Waals surface area contributed by atoms with Crippen molar-refractivity contribution < 1.29 is 33.3 Å². The van der Waals surface area contributed by atoms with Gasteiger partial charge in [0, 0.05) is 5.56 Å². The summed E-state index contributed by atoms with van der Waals surface area (Å²) >= 11 is 3.43. The molecule has 0 amide bonds. The van der Waals surface area contributed by atoms with Gasteiger partial charge in [-0.1, -0.05) is 0 Å². The number of nitrogens with zero attached hydrogens (tertiary/aromatic N) is 1. The molecule has 168 valence electrons. The highest BCUT2D eigenvalue weighted by Gasteiger charge is 2.24. The molecule has 8 nitrogen and oxygen atoms in total. The van der Waals surface area contributed by atoms with E-state index >= 15 is 0 Å². The van der Waals surface area contributed by atoms with E-state index in [-0.39, 0.29) is 24.8 Å². The van der Waals surface area contributed by atoms with Crippen LogP contribution in [0, 0.1) is 0 Å². The van der Waals surface area contributed by atoms with Crippen LogP contribution < -0.4 is 14.2 Å². The Bertz CT molecular complexity index is 1060. The number of hydrogen-bond acceptors (Lipinski definition) is 8. The molecule has 0 radical (unpaired) electrons. The Hall–Kier alpha value is -3.33. The second kappa shape index (κ2) is 10.8. The van der Waals surface area contributed by atoms with Crippen molar-refractivity contribution in [2.24, 2.45) is 4.99 Å². The summed E-state index contributed by atoms with van der Waals surface area (Å²) in [6.45, 7) is 3.94. The molecule has 0 fully saturated rings. The summed E-state index contributed by atoms with van der Waals surface area (Å²) in [6.07, 6.45) is 1.58. The lowest BCUT2D eigenvalue weighted by Crippen LogP contribution is -2.15. The molecule has 2 aromatic rings. The highest BCUT2D eigenvalue weighted by atomic mass is 79.9. The predicted octanol–water partition coefficient (Wildman–Crippen LogP) is 4.14. The number of aliphatic imine (C=N–C) groups is 1. The molecule has 0 unspecified atom stereocenters. The van der Waals surface area contributed by atoms with Crippen LogP contribution in [-0.4, -0.2) is 44.8 Å². The zero-order valence-electron chi connectivity index (χ0n) is 17.8. The summed E-state index contributed by atoms with van der Waals surface area (Å²) in [5.74, 6) is 0.618. The van der Waals surface area contributed by atoms with Gasteiger partial charge in [-0.15, -0.1) is 0 Å². The first-order valence-electron chi connectivity index (χ1n) is 9.86. The molecule has 0 spiro atoms.